The number of fused-ring (bicyclic) bond motifs is 1. The van der Waals surface area contributed by atoms with Gasteiger partial charge in [0.15, 0.2) is 0 Å². The van der Waals surface area contributed by atoms with Crippen molar-refractivity contribution in [3.8, 4) is 5.75 Å². The Labute approximate surface area is 249 Å². The van der Waals surface area contributed by atoms with E-state index in [-0.39, 0.29) is 36.5 Å². The fourth-order valence-electron chi connectivity index (χ4n) is 5.97. The van der Waals surface area contributed by atoms with Crippen molar-refractivity contribution >= 4 is 17.3 Å². The minimum Gasteiger partial charge on any atom is -0.488 e. The molecule has 0 bridgehead atoms. The Balaban J connectivity index is 1.00. The number of halogens is 6. The van der Waals surface area contributed by atoms with Gasteiger partial charge in [-0.25, -0.2) is 0 Å². The average molecular weight is 631 g/mol. The third kappa shape index (κ3) is 7.73. The number of nitrogens with zero attached hydrogens (tertiary/aromatic N) is 3. The maximum Gasteiger partial charge on any atom is 0.423 e. The van der Waals surface area contributed by atoms with Gasteiger partial charge in [0.1, 0.15) is 24.0 Å². The third-order valence-electron chi connectivity index (χ3n) is 8.30. The molecule has 5 rings (SSSR count). The molecule has 2 aromatic rings. The van der Waals surface area contributed by atoms with Crippen LogP contribution in [0.4, 0.5) is 37.7 Å². The molecule has 0 aromatic heterocycles. The molecule has 0 radical (unpaired) electrons. The van der Waals surface area contributed by atoms with Gasteiger partial charge in [0, 0.05) is 56.9 Å². The highest BCUT2D eigenvalue weighted by Crippen LogP contribution is 2.39. The summed E-state index contributed by atoms with van der Waals surface area (Å²) in [5, 5.41) is 14.0. The summed E-state index contributed by atoms with van der Waals surface area (Å²) >= 11 is 0. The molecule has 15 heteroatoms. The summed E-state index contributed by atoms with van der Waals surface area (Å²) in [4.78, 5) is 26.5. The first-order valence-electron chi connectivity index (χ1n) is 14.4. The SMILES string of the molecule is O=C(COC1CCC(Nc2ccc([N+](=O)[O-])c(C(F)(F)F)c2)CC1)N1CCN(CC2Cc3cc(C(F)(F)F)ccc3O2)CC1. The number of carbonyl (C=O) groups excluding carboxylic acids is 1. The number of hydrogen-bond donors (Lipinski definition) is 1. The molecule has 1 aliphatic carbocycles. The molecule has 44 heavy (non-hydrogen) atoms. The van der Waals surface area contributed by atoms with E-state index in [9.17, 15) is 41.3 Å². The lowest BCUT2D eigenvalue weighted by Crippen LogP contribution is -2.51. The number of hydrogen-bond acceptors (Lipinski definition) is 7. The number of nitro groups is 1. The Morgan fingerprint density at radius 1 is 0.977 bits per heavy atom. The predicted octanol–water partition coefficient (Wildman–Crippen LogP) is 5.52. The van der Waals surface area contributed by atoms with Gasteiger partial charge in [-0.15, -0.1) is 0 Å². The highest BCUT2D eigenvalue weighted by Gasteiger charge is 2.39. The van der Waals surface area contributed by atoms with Crippen LogP contribution in [0.2, 0.25) is 0 Å². The molecule has 2 aromatic carbocycles. The lowest BCUT2D eigenvalue weighted by molar-refractivity contribution is -0.388. The number of benzene rings is 2. The average Bonchev–Trinajstić information content (AvgIpc) is 3.37. The Hall–Kier alpha value is -3.59. The molecular weight excluding hydrogens is 598 g/mol. The van der Waals surface area contributed by atoms with Gasteiger partial charge in [-0.1, -0.05) is 0 Å². The van der Waals surface area contributed by atoms with Gasteiger partial charge in [0.25, 0.3) is 5.69 Å². The van der Waals surface area contributed by atoms with Gasteiger partial charge < -0.3 is 19.7 Å². The molecule has 240 valence electrons. The zero-order valence-electron chi connectivity index (χ0n) is 23.6. The standard InChI is InChI=1S/C29H32F6N4O5/c30-28(31,32)19-1-8-26-18(13-19)14-23(44-26)16-37-9-11-38(12-10-37)27(40)17-43-22-5-2-20(3-6-22)36-21-4-7-25(39(41)42)24(15-21)29(33,34)35/h1,4,7-8,13,15,20,22-23,36H,2-3,5-6,9-12,14,16-17H2. The molecule has 1 saturated carbocycles. The predicted molar refractivity (Wildman–Crippen MR) is 146 cm³/mol. The highest BCUT2D eigenvalue weighted by atomic mass is 19.4. The molecule has 2 fully saturated rings. The number of nitrogens with one attached hydrogen (secondary N) is 1. The first-order valence-corrected chi connectivity index (χ1v) is 14.4. The number of piperazine rings is 1. The van der Waals surface area contributed by atoms with Gasteiger partial charge in [0.05, 0.1) is 16.6 Å². The summed E-state index contributed by atoms with van der Waals surface area (Å²) in [6.45, 7) is 2.65. The molecule has 0 spiro atoms. The fourth-order valence-corrected chi connectivity index (χ4v) is 5.97. The molecule has 1 amide bonds. The summed E-state index contributed by atoms with van der Waals surface area (Å²) in [5.74, 6) is 0.334. The summed E-state index contributed by atoms with van der Waals surface area (Å²) in [5.41, 5.74) is -2.29. The number of ether oxygens (including phenoxy) is 2. The van der Waals surface area contributed by atoms with Gasteiger partial charge in [0.2, 0.25) is 5.91 Å². The van der Waals surface area contributed by atoms with E-state index in [0.717, 1.165) is 24.3 Å². The van der Waals surface area contributed by atoms with E-state index in [1.54, 1.807) is 4.90 Å². The number of amides is 1. The molecule has 3 aliphatic rings. The van der Waals surface area contributed by atoms with Crippen LogP contribution in [-0.4, -0.2) is 78.2 Å². The van der Waals surface area contributed by atoms with Crippen LogP contribution in [0.25, 0.3) is 0 Å². The summed E-state index contributed by atoms with van der Waals surface area (Å²) in [7, 11) is 0. The smallest absolute Gasteiger partial charge is 0.423 e. The zero-order chi connectivity index (χ0) is 31.6. The number of rotatable bonds is 8. The second-order valence-corrected chi connectivity index (χ2v) is 11.4. The van der Waals surface area contributed by atoms with Crippen LogP contribution in [0.15, 0.2) is 36.4 Å². The number of alkyl halides is 6. The quantitative estimate of drug-likeness (QED) is 0.233. The van der Waals surface area contributed by atoms with Crippen LogP contribution in [0.5, 0.6) is 5.75 Å². The minimum atomic E-state index is -4.85. The van der Waals surface area contributed by atoms with Crippen molar-refractivity contribution in [1.82, 2.24) is 9.80 Å². The summed E-state index contributed by atoms with van der Waals surface area (Å²) in [6, 6.07) is 6.26. The van der Waals surface area contributed by atoms with E-state index in [2.05, 4.69) is 10.2 Å². The summed E-state index contributed by atoms with van der Waals surface area (Å²) in [6.07, 6.45) is -6.88. The maximum atomic E-state index is 13.3. The number of carbonyl (C=O) groups is 1. The Morgan fingerprint density at radius 2 is 1.68 bits per heavy atom. The Bertz CT molecular complexity index is 1350. The molecule has 1 atom stereocenters. The second-order valence-electron chi connectivity index (χ2n) is 11.4. The van der Waals surface area contributed by atoms with Crippen LogP contribution >= 0.6 is 0 Å². The lowest BCUT2D eigenvalue weighted by atomic mass is 9.92. The van der Waals surface area contributed by atoms with Crippen molar-refractivity contribution in [3.63, 3.8) is 0 Å². The molecular formula is C29H32F6N4O5. The Kier molecular flexibility index (Phi) is 9.25. The van der Waals surface area contributed by atoms with Crippen molar-refractivity contribution < 1.29 is 45.5 Å². The van der Waals surface area contributed by atoms with E-state index in [1.807, 2.05) is 0 Å². The van der Waals surface area contributed by atoms with Crippen molar-refractivity contribution in [2.24, 2.45) is 0 Å². The minimum absolute atomic E-state index is 0.0807. The maximum absolute atomic E-state index is 13.3. The monoisotopic (exact) mass is 630 g/mol. The lowest BCUT2D eigenvalue weighted by Gasteiger charge is -2.36. The van der Waals surface area contributed by atoms with E-state index in [4.69, 9.17) is 9.47 Å². The number of nitro benzene ring substituents is 1. The largest absolute Gasteiger partial charge is 0.488 e. The normalized spacial score (nSPS) is 22.8. The van der Waals surface area contributed by atoms with Crippen LogP contribution < -0.4 is 10.1 Å². The van der Waals surface area contributed by atoms with Crippen LogP contribution in [0.1, 0.15) is 42.4 Å². The Morgan fingerprint density at radius 3 is 2.32 bits per heavy atom. The van der Waals surface area contributed by atoms with Gasteiger partial charge >= 0.3 is 12.4 Å². The molecule has 9 nitrogen and oxygen atoms in total. The first kappa shape index (κ1) is 31.8. The fraction of sp³-hybridized carbons (Fsp3) is 0.552. The molecule has 2 aliphatic heterocycles. The molecule has 1 N–H and O–H groups in total. The highest BCUT2D eigenvalue weighted by molar-refractivity contribution is 5.77. The first-order chi connectivity index (χ1) is 20.8. The van der Waals surface area contributed by atoms with Crippen molar-refractivity contribution in [2.75, 3.05) is 44.6 Å². The molecule has 1 saturated heterocycles. The van der Waals surface area contributed by atoms with Crippen molar-refractivity contribution in [1.29, 1.82) is 0 Å². The van der Waals surface area contributed by atoms with E-state index in [0.29, 0.717) is 76.1 Å². The summed E-state index contributed by atoms with van der Waals surface area (Å²) < 4.78 is 90.6. The zero-order valence-corrected chi connectivity index (χ0v) is 23.6. The van der Waals surface area contributed by atoms with E-state index in [1.165, 1.54) is 12.1 Å². The number of anilines is 1. The van der Waals surface area contributed by atoms with Gasteiger partial charge in [-0.3, -0.25) is 19.8 Å². The van der Waals surface area contributed by atoms with E-state index >= 15 is 0 Å². The third-order valence-corrected chi connectivity index (χ3v) is 8.30. The molecule has 2 heterocycles. The molecule has 1 unspecified atom stereocenters. The van der Waals surface area contributed by atoms with Gasteiger partial charge in [-0.2, -0.15) is 26.3 Å². The second kappa shape index (κ2) is 12.8. The van der Waals surface area contributed by atoms with Crippen LogP contribution in [-0.2, 0) is 28.3 Å². The topological polar surface area (TPSA) is 97.2 Å². The van der Waals surface area contributed by atoms with Gasteiger partial charge in [-0.05, 0) is 61.6 Å². The van der Waals surface area contributed by atoms with Crippen molar-refractivity contribution in [3.05, 3.63) is 63.2 Å². The van der Waals surface area contributed by atoms with E-state index < -0.39 is 34.1 Å². The van der Waals surface area contributed by atoms with Crippen LogP contribution in [0, 0.1) is 10.1 Å². The van der Waals surface area contributed by atoms with Crippen molar-refractivity contribution in [2.45, 2.75) is 62.7 Å². The van der Waals surface area contributed by atoms with Crippen LogP contribution in [0.3, 0.4) is 0 Å².